The zero-order chi connectivity index (χ0) is 65.9. The highest BCUT2D eigenvalue weighted by Gasteiger charge is 2.33. The van der Waals surface area contributed by atoms with Crippen LogP contribution in [-0.2, 0) is 44.1 Å². The lowest BCUT2D eigenvalue weighted by Crippen LogP contribution is -2.57. The van der Waals surface area contributed by atoms with E-state index in [9.17, 15) is 41.6 Å². The molecule has 1 aliphatic heterocycles. The minimum Gasteiger partial charge on any atom is -0.546 e. The van der Waals surface area contributed by atoms with Crippen LogP contribution in [0, 0.1) is 18.7 Å². The van der Waals surface area contributed by atoms with Gasteiger partial charge < -0.3 is 60.7 Å². The molecular weight excluding hydrogens is 1250 g/mol. The summed E-state index contributed by atoms with van der Waals surface area (Å²) < 4.78 is 75.6. The molecule has 9 rings (SSSR count). The van der Waals surface area contributed by atoms with Crippen molar-refractivity contribution in [2.75, 3.05) is 65.3 Å². The van der Waals surface area contributed by atoms with E-state index in [2.05, 4.69) is 35.8 Å². The molecule has 0 unspecified atom stereocenters. The molecule has 3 atom stereocenters. The summed E-state index contributed by atoms with van der Waals surface area (Å²) in [5, 5.41) is 21.5. The molecule has 3 aromatic heterocycles. The summed E-state index contributed by atoms with van der Waals surface area (Å²) >= 11 is 8.48. The smallest absolute Gasteiger partial charge is 0.312 e. The number of para-hydroxylation sites is 2. The highest BCUT2D eigenvalue weighted by atomic mass is 35.5. The number of halogens is 2. The molecule has 27 heteroatoms. The van der Waals surface area contributed by atoms with Gasteiger partial charge in [-0.2, -0.15) is 8.42 Å². The van der Waals surface area contributed by atoms with Gasteiger partial charge in [-0.15, -0.1) is 11.3 Å². The largest absolute Gasteiger partial charge is 0.546 e. The molecule has 0 spiro atoms. The number of aliphatic carboxylic acids is 1. The van der Waals surface area contributed by atoms with Gasteiger partial charge in [-0.25, -0.2) is 29.1 Å². The van der Waals surface area contributed by atoms with Crippen LogP contribution in [0.5, 0.6) is 23.1 Å². The Morgan fingerprint density at radius 3 is 2.33 bits per heavy atom. The maximum atomic E-state index is 14.4. The second kappa shape index (κ2) is 30.0. The number of amides is 4. The number of primary amides is 1. The first-order chi connectivity index (χ1) is 44.0. The highest BCUT2D eigenvalue weighted by molar-refractivity contribution is 7.85. The number of aromatic nitrogens is 4. The fourth-order valence-corrected chi connectivity index (χ4v) is 12.8. The molecule has 4 heterocycles. The van der Waals surface area contributed by atoms with E-state index < -0.39 is 57.9 Å². The van der Waals surface area contributed by atoms with E-state index >= 15 is 0 Å². The normalized spacial score (nSPS) is 14.2. The fraction of sp³-hybridized carbons (Fsp3) is 0.323. The molecule has 8 aromatic rings. The minimum absolute atomic E-state index is 0.0316. The number of methoxy groups -OCH3 is 1. The molecule has 4 amide bonds. The van der Waals surface area contributed by atoms with Crippen LogP contribution in [-0.4, -0.2) is 144 Å². The number of hydrogen-bond donors (Lipinski definition) is 6. The molecule has 0 bridgehead atoms. The van der Waals surface area contributed by atoms with Crippen LogP contribution in [0.4, 0.5) is 14.9 Å². The predicted octanol–water partition coefficient (Wildman–Crippen LogP) is 7.35. The van der Waals surface area contributed by atoms with E-state index in [-0.39, 0.29) is 67.9 Å². The van der Waals surface area contributed by atoms with Crippen molar-refractivity contribution in [1.82, 2.24) is 35.5 Å². The number of quaternary nitrogens is 1. The van der Waals surface area contributed by atoms with Crippen molar-refractivity contribution in [3.63, 3.8) is 0 Å². The summed E-state index contributed by atoms with van der Waals surface area (Å²) in [5.41, 5.74) is 15.9. The summed E-state index contributed by atoms with van der Waals surface area (Å²) in [7, 11) is -1.22. The molecule has 8 N–H and O–H groups in total. The van der Waals surface area contributed by atoms with Crippen molar-refractivity contribution in [3.8, 4) is 56.1 Å². The number of piperazine rings is 1. The van der Waals surface area contributed by atoms with Crippen molar-refractivity contribution in [1.29, 1.82) is 0 Å². The predicted molar refractivity (Wildman–Crippen MR) is 344 cm³/mol. The van der Waals surface area contributed by atoms with Crippen LogP contribution < -0.4 is 51.5 Å². The first-order valence-electron chi connectivity index (χ1n) is 29.5. The monoisotopic (exact) mass is 1320 g/mol. The second-order valence-corrected chi connectivity index (χ2v) is 25.6. The molecule has 92 heavy (non-hydrogen) atoms. The lowest BCUT2D eigenvalue weighted by Gasteiger charge is -2.42. The molecule has 23 nitrogen and oxygen atoms in total. The van der Waals surface area contributed by atoms with E-state index in [1.54, 1.807) is 81.8 Å². The van der Waals surface area contributed by atoms with Gasteiger partial charge in [-0.3, -0.25) is 19.0 Å². The zero-order valence-electron chi connectivity index (χ0n) is 51.2. The quantitative estimate of drug-likeness (QED) is 0.0158. The SMILES string of the molecule is COc1ccccc1-c1nccc(COc2ccccc2C[C@@H](Oc2ncnc3sc(-c4ccc(F)cc4)c(-c4ccc(OCCN5CC[N+](C)(Cc6ccc(NC(=O)[C@H](CCCNC(N)=O)NC(=O)[C@@H](N)C(C)C)cc6S(=O)(=O)O)CC5)c(Cl)c4C)c23)C(=O)[O-])n1. The molecule has 0 radical (unpaired) electrons. The van der Waals surface area contributed by atoms with Crippen LogP contribution in [0.1, 0.15) is 49.1 Å². The number of likely N-dealkylation sites (N-methyl/N-ethyl adjacent to an activating group) is 1. The first kappa shape index (κ1) is 67.5. The van der Waals surface area contributed by atoms with Crippen molar-refractivity contribution >= 4 is 72.8 Å². The van der Waals surface area contributed by atoms with E-state index in [4.69, 9.17) is 47.0 Å². The number of nitrogens with two attached hydrogens (primary N) is 2. The Morgan fingerprint density at radius 2 is 1.62 bits per heavy atom. The average molecular weight is 1320 g/mol. The van der Waals surface area contributed by atoms with Crippen LogP contribution in [0.3, 0.4) is 0 Å². The molecular formula is C65H71ClFN11O12S2. The van der Waals surface area contributed by atoms with E-state index in [1.807, 2.05) is 44.3 Å². The number of carbonyl (C=O) groups is 4. The highest BCUT2D eigenvalue weighted by Crippen LogP contribution is 2.49. The Balaban J connectivity index is 0.871. The molecule has 1 fully saturated rings. The van der Waals surface area contributed by atoms with Gasteiger partial charge >= 0.3 is 6.03 Å². The lowest BCUT2D eigenvalue weighted by atomic mass is 9.96. The van der Waals surface area contributed by atoms with Gasteiger partial charge in [0.15, 0.2) is 5.82 Å². The number of carbonyl (C=O) groups excluding carboxylic acids is 4. The number of benzene rings is 5. The number of hydrogen-bond acceptors (Lipinski definition) is 18. The number of ether oxygens (including phenoxy) is 4. The van der Waals surface area contributed by atoms with Crippen LogP contribution in [0.2, 0.25) is 5.02 Å². The standard InChI is InChI=1S/C65H71ClFN11O12S2/c1-38(2)57(68)61(80)76-48(13-10-25-71-65(69)83)60(79)75-44-21-18-42(53(34-44)92(84,85)86)35-78(4)30-27-77(28-31-78)29-32-88-51-23-22-46(39(3)56(51)66)54-55-62(72-37-73-63(55)91-58(54)40-16-19-43(67)20-17-40)90-52(64(81)82)33-41-11-6-8-14-49(41)89-36-45-24-26-70-59(74-45)47-12-7-9-15-50(47)87-5/h6-9,11-12,14-24,26,34,37-38,48,52,57H,10,13,25,27-33,35-36,68H2,1-5H3,(H6-,69,71,75,76,79,80,81,82,83,84,85,86)/t48-,52+,57-/m0/s1. The molecule has 0 saturated carbocycles. The topological polar surface area (TPSA) is 326 Å². The summed E-state index contributed by atoms with van der Waals surface area (Å²) in [6.45, 7) is 8.94. The Hall–Kier alpha value is -8.89. The number of carboxylic acids is 1. The van der Waals surface area contributed by atoms with Crippen LogP contribution in [0.25, 0.3) is 43.2 Å². The van der Waals surface area contributed by atoms with Crippen molar-refractivity contribution in [2.45, 2.75) is 76.3 Å². The third kappa shape index (κ3) is 16.8. The number of anilines is 1. The lowest BCUT2D eigenvalue weighted by molar-refractivity contribution is -0.926. The van der Waals surface area contributed by atoms with Gasteiger partial charge in [-0.05, 0) is 109 Å². The summed E-state index contributed by atoms with van der Waals surface area (Å²) in [6.07, 6.45) is 1.51. The third-order valence-corrected chi connectivity index (χ3v) is 18.4. The number of carboxylic acid groups (broad SMARTS) is 1. The molecule has 1 saturated heterocycles. The van der Waals surface area contributed by atoms with E-state index in [0.29, 0.717) is 125 Å². The van der Waals surface area contributed by atoms with Crippen LogP contribution >= 0.6 is 22.9 Å². The van der Waals surface area contributed by atoms with Crippen molar-refractivity contribution < 1.29 is 65.1 Å². The number of rotatable bonds is 28. The molecule has 484 valence electrons. The Bertz CT molecular complexity index is 4100. The number of urea groups is 1. The third-order valence-electron chi connectivity index (χ3n) is 15.9. The van der Waals surface area contributed by atoms with Gasteiger partial charge in [0, 0.05) is 60.5 Å². The zero-order valence-corrected chi connectivity index (χ0v) is 53.6. The number of fused-ring (bicyclic) bond motifs is 1. The van der Waals surface area contributed by atoms with E-state index in [0.717, 1.165) is 0 Å². The second-order valence-electron chi connectivity index (χ2n) is 22.8. The van der Waals surface area contributed by atoms with Gasteiger partial charge in [0.1, 0.15) is 71.0 Å². The maximum absolute atomic E-state index is 14.4. The molecule has 1 aliphatic rings. The van der Waals surface area contributed by atoms with Crippen molar-refractivity contribution in [2.24, 2.45) is 17.4 Å². The summed E-state index contributed by atoms with van der Waals surface area (Å²) in [4.78, 5) is 72.0. The Morgan fingerprint density at radius 1 is 0.891 bits per heavy atom. The molecule has 0 aliphatic carbocycles. The van der Waals surface area contributed by atoms with Crippen LogP contribution in [0.15, 0.2) is 127 Å². The Kier molecular flexibility index (Phi) is 22.0. The summed E-state index contributed by atoms with van der Waals surface area (Å²) in [6, 6.07) is 27.1. The van der Waals surface area contributed by atoms with Crippen molar-refractivity contribution in [3.05, 3.63) is 155 Å². The van der Waals surface area contributed by atoms with Gasteiger partial charge in [0.05, 0.1) is 60.9 Å². The van der Waals surface area contributed by atoms with E-state index in [1.165, 1.54) is 41.9 Å². The number of nitrogens with one attached hydrogen (secondary N) is 3. The first-order valence-corrected chi connectivity index (χ1v) is 32.2. The molecule has 5 aromatic carbocycles. The maximum Gasteiger partial charge on any atom is 0.312 e. The minimum atomic E-state index is -4.78. The fourth-order valence-electron chi connectivity index (χ4n) is 10.7. The van der Waals surface area contributed by atoms with Gasteiger partial charge in [0.25, 0.3) is 10.1 Å². The number of thiophene rings is 1. The van der Waals surface area contributed by atoms with Gasteiger partial charge in [0.2, 0.25) is 17.7 Å². The number of nitrogens with zero attached hydrogens (tertiary/aromatic N) is 6. The summed E-state index contributed by atoms with van der Waals surface area (Å²) in [5.74, 6) is -1.59. The van der Waals surface area contributed by atoms with Gasteiger partial charge in [-0.1, -0.05) is 74.0 Å². The average Bonchev–Trinajstić information content (AvgIpc) is 1.57. The Labute approximate surface area is 540 Å².